The van der Waals surface area contributed by atoms with E-state index in [4.69, 9.17) is 9.84 Å². The van der Waals surface area contributed by atoms with Gasteiger partial charge in [-0.05, 0) is 59.4 Å². The molecule has 9 nitrogen and oxygen atoms in total. The summed E-state index contributed by atoms with van der Waals surface area (Å²) < 4.78 is 6.39. The van der Waals surface area contributed by atoms with Crippen LogP contribution in [0.15, 0.2) is 29.4 Å². The van der Waals surface area contributed by atoms with Gasteiger partial charge in [-0.3, -0.25) is 9.59 Å². The lowest BCUT2D eigenvalue weighted by atomic mass is 9.84. The molecule has 0 aromatic heterocycles. The molecule has 226 valence electrons. The molecule has 2 heterocycles. The number of aliphatic hydroxyl groups excluding tert-OH is 1. The number of allylic oxidation sites excluding steroid dienone is 4. The predicted molar refractivity (Wildman–Crippen MR) is 162 cm³/mol. The van der Waals surface area contributed by atoms with Crippen molar-refractivity contribution in [3.05, 3.63) is 46.1 Å². The highest BCUT2D eigenvalue weighted by molar-refractivity contribution is 8.76. The van der Waals surface area contributed by atoms with Gasteiger partial charge in [-0.15, -0.1) is 0 Å². The molecular weight excluding hydrogens is 566 g/mol. The van der Waals surface area contributed by atoms with Crippen LogP contribution in [0.25, 0.3) is 0 Å². The SMILES string of the molecule is CC(C)=CCC/C(C)=C/CC[C@]1(C)Oc2c(c(O)cc3c2CN([C@@H](CSSC[C@H](C)C(=O)O)C(=O)O)C3=O)C[C@@H]1O. The second-order valence-electron chi connectivity index (χ2n) is 11.4. The fourth-order valence-electron chi connectivity index (χ4n) is 4.90. The Labute approximate surface area is 249 Å². The third-order valence-corrected chi connectivity index (χ3v) is 10.2. The molecule has 2 aliphatic rings. The Bertz CT molecular complexity index is 1230. The molecule has 1 aromatic rings. The Morgan fingerprint density at radius 2 is 1.80 bits per heavy atom. The number of hydrogen-bond acceptors (Lipinski definition) is 8. The highest BCUT2D eigenvalue weighted by Gasteiger charge is 2.45. The van der Waals surface area contributed by atoms with Crippen LogP contribution in [0.5, 0.6) is 11.5 Å². The van der Waals surface area contributed by atoms with Crippen LogP contribution in [-0.4, -0.2) is 72.4 Å². The zero-order chi connectivity index (χ0) is 30.5. The van der Waals surface area contributed by atoms with Crippen LogP contribution in [0.1, 0.15) is 81.8 Å². The van der Waals surface area contributed by atoms with Crippen molar-refractivity contribution in [3.63, 3.8) is 0 Å². The maximum atomic E-state index is 13.4. The first-order valence-electron chi connectivity index (χ1n) is 13.8. The van der Waals surface area contributed by atoms with Gasteiger partial charge in [-0.25, -0.2) is 4.79 Å². The molecule has 1 aromatic carbocycles. The highest BCUT2D eigenvalue weighted by Crippen LogP contribution is 2.47. The topological polar surface area (TPSA) is 145 Å². The zero-order valence-corrected chi connectivity index (χ0v) is 25.9. The minimum atomic E-state index is -1.17. The number of hydrogen-bond donors (Lipinski definition) is 4. The summed E-state index contributed by atoms with van der Waals surface area (Å²) >= 11 is 0. The standard InChI is InChI=1S/C30H41NO8S2/c1-17(2)8-6-9-18(3)10-7-11-30(5)25(33)13-21-24(32)12-20-22(26(21)39-30)14-31(27(20)34)23(29(37)38)16-41-40-15-19(4)28(35)36/h8,10,12,19,23,25,32-33H,6-7,9,11,13-16H2,1-5H3,(H,35,36)(H,37,38)/b18-10+/t19-,23-,25-,30-/m0/s1. The van der Waals surface area contributed by atoms with E-state index in [1.54, 1.807) is 6.92 Å². The van der Waals surface area contributed by atoms with Crippen LogP contribution >= 0.6 is 21.6 Å². The third kappa shape index (κ3) is 8.02. The quantitative estimate of drug-likeness (QED) is 0.123. The Morgan fingerprint density at radius 1 is 1.12 bits per heavy atom. The molecule has 2 aliphatic heterocycles. The summed E-state index contributed by atoms with van der Waals surface area (Å²) in [4.78, 5) is 37.8. The van der Waals surface area contributed by atoms with Crippen molar-refractivity contribution in [1.82, 2.24) is 4.90 Å². The summed E-state index contributed by atoms with van der Waals surface area (Å²) in [6, 6.07) is 0.189. The molecule has 0 aliphatic carbocycles. The summed E-state index contributed by atoms with van der Waals surface area (Å²) in [5.41, 5.74) is 2.70. The van der Waals surface area contributed by atoms with Crippen molar-refractivity contribution >= 4 is 39.4 Å². The monoisotopic (exact) mass is 607 g/mol. The number of phenols is 1. The van der Waals surface area contributed by atoms with Crippen LogP contribution in [0, 0.1) is 5.92 Å². The molecule has 0 unspecified atom stereocenters. The fraction of sp³-hybridized carbons (Fsp3) is 0.567. The second-order valence-corrected chi connectivity index (χ2v) is 13.9. The van der Waals surface area contributed by atoms with Crippen LogP contribution in [0.4, 0.5) is 0 Å². The summed E-state index contributed by atoms with van der Waals surface area (Å²) in [5.74, 6) is -2.63. The van der Waals surface area contributed by atoms with Gasteiger partial charge < -0.3 is 30.1 Å². The second kappa shape index (κ2) is 14.0. The van der Waals surface area contributed by atoms with Gasteiger partial charge >= 0.3 is 11.9 Å². The molecule has 4 atom stereocenters. The minimum Gasteiger partial charge on any atom is -0.508 e. The van der Waals surface area contributed by atoms with E-state index in [1.807, 2.05) is 6.92 Å². The van der Waals surface area contributed by atoms with Crippen LogP contribution in [0.3, 0.4) is 0 Å². The fourth-order valence-corrected chi connectivity index (χ4v) is 7.47. The number of benzene rings is 1. The average Bonchev–Trinajstić information content (AvgIpc) is 3.20. The number of carboxylic acids is 2. The lowest BCUT2D eigenvalue weighted by molar-refractivity contribution is -0.142. The first kappa shape index (κ1) is 32.9. The maximum Gasteiger partial charge on any atom is 0.327 e. The number of rotatable bonds is 14. The minimum absolute atomic E-state index is 0.0000509. The number of carboxylic acid groups (broad SMARTS) is 2. The maximum absolute atomic E-state index is 13.4. The molecule has 0 saturated carbocycles. The lowest BCUT2D eigenvalue weighted by Gasteiger charge is -2.41. The van der Waals surface area contributed by atoms with Crippen LogP contribution < -0.4 is 4.74 Å². The molecular formula is C30H41NO8S2. The Kier molecular flexibility index (Phi) is 11.2. The Balaban J connectivity index is 1.76. The molecule has 41 heavy (non-hydrogen) atoms. The van der Waals surface area contributed by atoms with Crippen LogP contribution in [0.2, 0.25) is 0 Å². The summed E-state index contributed by atoms with van der Waals surface area (Å²) in [5, 5.41) is 40.8. The Hall–Kier alpha value is -2.63. The number of carbonyl (C=O) groups excluding carboxylic acids is 1. The molecule has 11 heteroatoms. The van der Waals surface area contributed by atoms with Gasteiger partial charge in [0.25, 0.3) is 5.91 Å². The van der Waals surface area contributed by atoms with Gasteiger partial charge in [-0.1, -0.05) is 51.8 Å². The van der Waals surface area contributed by atoms with E-state index in [1.165, 1.54) is 43.7 Å². The number of carbonyl (C=O) groups is 3. The number of fused-ring (bicyclic) bond motifs is 3. The number of nitrogens with zero attached hydrogens (tertiary/aromatic N) is 1. The van der Waals surface area contributed by atoms with Crippen molar-refractivity contribution < 1.29 is 39.5 Å². The van der Waals surface area contributed by atoms with E-state index in [0.29, 0.717) is 35.5 Å². The summed E-state index contributed by atoms with van der Waals surface area (Å²) in [7, 11) is 2.46. The summed E-state index contributed by atoms with van der Waals surface area (Å²) in [6.45, 7) is 9.64. The lowest BCUT2D eigenvalue weighted by Crippen LogP contribution is -2.49. The van der Waals surface area contributed by atoms with Gasteiger partial charge in [-0.2, -0.15) is 0 Å². The van der Waals surface area contributed by atoms with Crippen molar-refractivity contribution in [2.24, 2.45) is 5.92 Å². The molecule has 0 bridgehead atoms. The largest absolute Gasteiger partial charge is 0.508 e. The molecule has 0 spiro atoms. The van der Waals surface area contributed by atoms with E-state index >= 15 is 0 Å². The van der Waals surface area contributed by atoms with Gasteiger partial charge in [0.2, 0.25) is 0 Å². The molecule has 4 N–H and O–H groups in total. The van der Waals surface area contributed by atoms with Crippen molar-refractivity contribution in [2.45, 2.75) is 91.0 Å². The van der Waals surface area contributed by atoms with Crippen molar-refractivity contribution in [2.75, 3.05) is 11.5 Å². The van der Waals surface area contributed by atoms with Gasteiger partial charge in [0.05, 0.1) is 24.1 Å². The molecule has 1 amide bonds. The zero-order valence-electron chi connectivity index (χ0n) is 24.3. The Morgan fingerprint density at radius 3 is 2.44 bits per heavy atom. The van der Waals surface area contributed by atoms with E-state index in [2.05, 4.69) is 32.9 Å². The average molecular weight is 608 g/mol. The van der Waals surface area contributed by atoms with E-state index in [9.17, 15) is 29.7 Å². The highest BCUT2D eigenvalue weighted by atomic mass is 33.1. The molecule has 0 radical (unpaired) electrons. The number of aromatic hydroxyl groups is 1. The smallest absolute Gasteiger partial charge is 0.327 e. The van der Waals surface area contributed by atoms with E-state index in [-0.39, 0.29) is 30.0 Å². The van der Waals surface area contributed by atoms with Crippen molar-refractivity contribution in [3.8, 4) is 11.5 Å². The number of ether oxygens (including phenoxy) is 1. The van der Waals surface area contributed by atoms with E-state index in [0.717, 1.165) is 12.8 Å². The van der Waals surface area contributed by atoms with Gasteiger partial charge in [0.15, 0.2) is 0 Å². The number of aliphatic hydroxyl groups is 1. The number of amides is 1. The summed E-state index contributed by atoms with van der Waals surface area (Å²) in [6.07, 6.45) is 6.76. The normalized spacial score (nSPS) is 21.5. The third-order valence-electron chi connectivity index (χ3n) is 7.66. The molecule has 3 rings (SSSR count). The first-order chi connectivity index (χ1) is 19.2. The molecule has 0 fully saturated rings. The number of phenolic OH excluding ortho intramolecular Hbond substituents is 1. The number of aliphatic carboxylic acids is 2. The first-order valence-corrected chi connectivity index (χ1v) is 16.3. The van der Waals surface area contributed by atoms with Crippen LogP contribution in [-0.2, 0) is 22.6 Å². The van der Waals surface area contributed by atoms with Crippen molar-refractivity contribution in [1.29, 1.82) is 0 Å². The van der Waals surface area contributed by atoms with E-state index < -0.39 is 41.5 Å². The van der Waals surface area contributed by atoms with Gasteiger partial charge in [0.1, 0.15) is 23.1 Å². The molecule has 0 saturated heterocycles. The van der Waals surface area contributed by atoms with Gasteiger partial charge in [0, 0.05) is 29.1 Å². The predicted octanol–water partition coefficient (Wildman–Crippen LogP) is 5.43.